The molecule has 0 radical (unpaired) electrons. The van der Waals surface area contributed by atoms with E-state index in [1.54, 1.807) is 0 Å². The molecule has 33 heavy (non-hydrogen) atoms. The van der Waals surface area contributed by atoms with Gasteiger partial charge in [0.1, 0.15) is 0 Å². The molecular formula is C25H32N4O4. The molecule has 2 aromatic rings. The fourth-order valence-corrected chi connectivity index (χ4v) is 3.16. The lowest BCUT2D eigenvalue weighted by Crippen LogP contribution is -2.42. The van der Waals surface area contributed by atoms with Crippen LogP contribution in [0.15, 0.2) is 60.7 Å². The highest BCUT2D eigenvalue weighted by atomic mass is 16.2. The average Bonchev–Trinajstić information content (AvgIpc) is 2.82. The largest absolute Gasteiger partial charge is 0.273 e. The first-order valence-electron chi connectivity index (χ1n) is 11.3. The second-order valence-corrected chi connectivity index (χ2v) is 7.79. The summed E-state index contributed by atoms with van der Waals surface area (Å²) in [6, 6.07) is 18.6. The van der Waals surface area contributed by atoms with Crippen molar-refractivity contribution in [2.45, 2.75) is 57.8 Å². The molecule has 4 N–H and O–H groups in total. The Hall–Kier alpha value is -3.68. The zero-order valence-corrected chi connectivity index (χ0v) is 18.8. The molecule has 0 atom stereocenters. The topological polar surface area (TPSA) is 116 Å². The van der Waals surface area contributed by atoms with Crippen LogP contribution in [0.25, 0.3) is 0 Å². The molecule has 8 nitrogen and oxygen atoms in total. The van der Waals surface area contributed by atoms with Crippen molar-refractivity contribution < 1.29 is 19.2 Å². The van der Waals surface area contributed by atoms with Gasteiger partial charge in [-0.05, 0) is 24.0 Å². The van der Waals surface area contributed by atoms with E-state index < -0.39 is 0 Å². The van der Waals surface area contributed by atoms with Crippen LogP contribution in [0.2, 0.25) is 0 Å². The minimum absolute atomic E-state index is 0.214. The van der Waals surface area contributed by atoms with Gasteiger partial charge in [0.05, 0.1) is 12.8 Å². The van der Waals surface area contributed by atoms with Gasteiger partial charge in [0, 0.05) is 12.8 Å². The maximum atomic E-state index is 11.8. The van der Waals surface area contributed by atoms with Crippen LogP contribution in [0.5, 0.6) is 0 Å². The van der Waals surface area contributed by atoms with Crippen molar-refractivity contribution in [1.82, 2.24) is 21.7 Å². The molecule has 8 heteroatoms. The normalized spacial score (nSPS) is 10.2. The molecule has 4 amide bonds. The van der Waals surface area contributed by atoms with E-state index in [0.29, 0.717) is 25.7 Å². The molecule has 0 heterocycles. The lowest BCUT2D eigenvalue weighted by atomic mass is 10.1. The van der Waals surface area contributed by atoms with Gasteiger partial charge in [0.2, 0.25) is 23.6 Å². The molecule has 0 fully saturated rings. The zero-order chi connectivity index (χ0) is 23.7. The SMILES string of the molecule is O=C(CCCCCCCC(=O)NNC(=O)Cc1ccccc1)NNC(=O)Cc1ccccc1. The Morgan fingerprint density at radius 3 is 1.18 bits per heavy atom. The molecule has 0 aromatic heterocycles. The fourth-order valence-electron chi connectivity index (χ4n) is 3.16. The Bertz CT molecular complexity index is 814. The molecule has 0 saturated carbocycles. The van der Waals surface area contributed by atoms with Crippen molar-refractivity contribution in [3.8, 4) is 0 Å². The minimum Gasteiger partial charge on any atom is -0.273 e. The highest BCUT2D eigenvalue weighted by Crippen LogP contribution is 2.07. The van der Waals surface area contributed by atoms with Crippen LogP contribution >= 0.6 is 0 Å². The summed E-state index contributed by atoms with van der Waals surface area (Å²) in [6.45, 7) is 0. The molecular weight excluding hydrogens is 420 g/mol. The summed E-state index contributed by atoms with van der Waals surface area (Å²) in [7, 11) is 0. The molecule has 0 saturated heterocycles. The Labute approximate surface area is 194 Å². The lowest BCUT2D eigenvalue weighted by molar-refractivity contribution is -0.128. The fraction of sp³-hybridized carbons (Fsp3) is 0.360. The predicted octanol–water partition coefficient (Wildman–Crippen LogP) is 2.50. The van der Waals surface area contributed by atoms with Gasteiger partial charge in [0.25, 0.3) is 0 Å². The number of nitrogens with one attached hydrogen (secondary N) is 4. The Morgan fingerprint density at radius 1 is 0.455 bits per heavy atom. The van der Waals surface area contributed by atoms with Crippen molar-refractivity contribution in [3.05, 3.63) is 71.8 Å². The predicted molar refractivity (Wildman–Crippen MR) is 125 cm³/mol. The third-order valence-electron chi connectivity index (χ3n) is 4.91. The Kier molecular flexibility index (Phi) is 11.8. The van der Waals surface area contributed by atoms with Gasteiger partial charge in [-0.25, -0.2) is 0 Å². The molecule has 0 aliphatic rings. The molecule has 0 unspecified atom stereocenters. The maximum absolute atomic E-state index is 11.8. The smallest absolute Gasteiger partial charge is 0.242 e. The lowest BCUT2D eigenvalue weighted by Gasteiger charge is -2.08. The molecule has 176 valence electrons. The monoisotopic (exact) mass is 452 g/mol. The highest BCUT2D eigenvalue weighted by molar-refractivity contribution is 5.83. The van der Waals surface area contributed by atoms with Crippen LogP contribution in [0.4, 0.5) is 0 Å². The number of hydrogen-bond acceptors (Lipinski definition) is 4. The van der Waals surface area contributed by atoms with E-state index >= 15 is 0 Å². The van der Waals surface area contributed by atoms with E-state index in [0.717, 1.165) is 30.4 Å². The van der Waals surface area contributed by atoms with E-state index in [9.17, 15) is 19.2 Å². The molecule has 0 bridgehead atoms. The molecule has 0 aliphatic heterocycles. The average molecular weight is 453 g/mol. The van der Waals surface area contributed by atoms with E-state index in [1.165, 1.54) is 0 Å². The van der Waals surface area contributed by atoms with Crippen LogP contribution in [0.1, 0.15) is 56.1 Å². The number of carbonyl (C=O) groups is 4. The summed E-state index contributed by atoms with van der Waals surface area (Å²) in [5.74, 6) is -0.961. The van der Waals surface area contributed by atoms with Crippen molar-refractivity contribution in [2.24, 2.45) is 0 Å². The number of unbranched alkanes of at least 4 members (excludes halogenated alkanes) is 4. The highest BCUT2D eigenvalue weighted by Gasteiger charge is 2.07. The van der Waals surface area contributed by atoms with Crippen LogP contribution < -0.4 is 21.7 Å². The van der Waals surface area contributed by atoms with Gasteiger partial charge < -0.3 is 0 Å². The Morgan fingerprint density at radius 2 is 0.788 bits per heavy atom. The van der Waals surface area contributed by atoms with Gasteiger partial charge in [-0.2, -0.15) is 0 Å². The van der Waals surface area contributed by atoms with Gasteiger partial charge in [-0.3, -0.25) is 40.9 Å². The second kappa shape index (κ2) is 15.2. The third-order valence-corrected chi connectivity index (χ3v) is 4.91. The number of benzene rings is 2. The molecule has 2 aromatic carbocycles. The van der Waals surface area contributed by atoms with Crippen LogP contribution in [0, 0.1) is 0 Å². The summed E-state index contributed by atoms with van der Waals surface area (Å²) in [4.78, 5) is 47.2. The van der Waals surface area contributed by atoms with E-state index in [1.807, 2.05) is 60.7 Å². The maximum Gasteiger partial charge on any atom is 0.242 e. The third kappa shape index (κ3) is 12.1. The van der Waals surface area contributed by atoms with Crippen molar-refractivity contribution in [3.63, 3.8) is 0 Å². The van der Waals surface area contributed by atoms with Gasteiger partial charge >= 0.3 is 0 Å². The van der Waals surface area contributed by atoms with E-state index in [4.69, 9.17) is 0 Å². The van der Waals surface area contributed by atoms with E-state index in [2.05, 4.69) is 21.7 Å². The second-order valence-electron chi connectivity index (χ2n) is 7.79. The quantitative estimate of drug-likeness (QED) is 0.292. The Balaban J connectivity index is 1.42. The summed E-state index contributed by atoms with van der Waals surface area (Å²) in [5.41, 5.74) is 11.5. The number of hydrogen-bond donors (Lipinski definition) is 4. The van der Waals surface area contributed by atoms with Crippen LogP contribution in [0.3, 0.4) is 0 Å². The standard InChI is InChI=1S/C25H32N4O4/c30-22(26-28-24(32)18-20-12-6-4-7-13-20)16-10-2-1-3-11-17-23(31)27-29-25(33)19-21-14-8-5-9-15-21/h4-9,12-15H,1-3,10-11,16-19H2,(H,26,30)(H,27,31)(H,28,32)(H,29,33). The number of carbonyl (C=O) groups excluding carboxylic acids is 4. The zero-order valence-electron chi connectivity index (χ0n) is 18.8. The van der Waals surface area contributed by atoms with Gasteiger partial charge in [-0.1, -0.05) is 79.9 Å². The van der Waals surface area contributed by atoms with Gasteiger partial charge in [0.15, 0.2) is 0 Å². The first-order valence-corrected chi connectivity index (χ1v) is 11.3. The van der Waals surface area contributed by atoms with Crippen LogP contribution in [-0.4, -0.2) is 23.6 Å². The minimum atomic E-state index is -0.260. The number of rotatable bonds is 12. The first-order chi connectivity index (χ1) is 16.0. The molecule has 2 rings (SSSR count). The summed E-state index contributed by atoms with van der Waals surface area (Å²) >= 11 is 0. The number of hydrazine groups is 2. The number of amides is 4. The van der Waals surface area contributed by atoms with Crippen molar-refractivity contribution in [2.75, 3.05) is 0 Å². The summed E-state index contributed by atoms with van der Waals surface area (Å²) in [6.07, 6.45) is 5.14. The van der Waals surface area contributed by atoms with Crippen molar-refractivity contribution in [1.29, 1.82) is 0 Å². The first kappa shape index (κ1) is 25.6. The van der Waals surface area contributed by atoms with Gasteiger partial charge in [-0.15, -0.1) is 0 Å². The summed E-state index contributed by atoms with van der Waals surface area (Å²) in [5, 5.41) is 0. The molecule has 0 spiro atoms. The summed E-state index contributed by atoms with van der Waals surface area (Å²) < 4.78 is 0. The van der Waals surface area contributed by atoms with Crippen LogP contribution in [-0.2, 0) is 32.0 Å². The molecule has 0 aliphatic carbocycles. The van der Waals surface area contributed by atoms with Crippen molar-refractivity contribution >= 4 is 23.6 Å². The van der Waals surface area contributed by atoms with E-state index in [-0.39, 0.29) is 36.5 Å².